The molecule has 1 aliphatic heterocycles. The minimum absolute atomic E-state index is 0.159. The lowest BCUT2D eigenvalue weighted by Crippen LogP contribution is -2.44. The van der Waals surface area contributed by atoms with Crippen LogP contribution in [0.5, 0.6) is 0 Å². The predicted molar refractivity (Wildman–Crippen MR) is 112 cm³/mol. The molecule has 0 unspecified atom stereocenters. The second-order valence-electron chi connectivity index (χ2n) is 7.10. The third kappa shape index (κ3) is 3.86. The fourth-order valence-electron chi connectivity index (χ4n) is 3.82. The zero-order valence-electron chi connectivity index (χ0n) is 15.3. The highest BCUT2D eigenvalue weighted by atomic mass is 35.5. The van der Waals surface area contributed by atoms with Crippen LogP contribution in [0.15, 0.2) is 54.6 Å². The summed E-state index contributed by atoms with van der Waals surface area (Å²) in [6, 6.07) is 17.0. The average Bonchev–Trinajstić information content (AvgIpc) is 2.72. The Bertz CT molecular complexity index is 1020. The van der Waals surface area contributed by atoms with Crippen molar-refractivity contribution in [3.05, 3.63) is 75.9 Å². The molecular formula is C22H20Cl2N2O2. The molecule has 28 heavy (non-hydrogen) atoms. The Hall–Kier alpha value is -2.14. The van der Waals surface area contributed by atoms with Gasteiger partial charge in [-0.2, -0.15) is 0 Å². The van der Waals surface area contributed by atoms with Crippen molar-refractivity contribution in [1.29, 1.82) is 0 Å². The lowest BCUT2D eigenvalue weighted by molar-refractivity contribution is 0.0487. The first-order valence-electron chi connectivity index (χ1n) is 9.25. The van der Waals surface area contributed by atoms with Gasteiger partial charge in [0.25, 0.3) is 5.91 Å². The van der Waals surface area contributed by atoms with Gasteiger partial charge in [0.2, 0.25) is 0 Å². The SMILES string of the molecule is O=C(NCC1(c2cccc(Cl)c2)CCOCC1)c1cc(Cl)nc2ccccc12. The van der Waals surface area contributed by atoms with Crippen molar-refractivity contribution in [1.82, 2.24) is 10.3 Å². The van der Waals surface area contributed by atoms with Gasteiger partial charge in [-0.25, -0.2) is 4.98 Å². The Morgan fingerprint density at radius 2 is 1.86 bits per heavy atom. The molecule has 0 spiro atoms. The van der Waals surface area contributed by atoms with E-state index in [-0.39, 0.29) is 11.3 Å². The summed E-state index contributed by atoms with van der Waals surface area (Å²) < 4.78 is 5.57. The van der Waals surface area contributed by atoms with E-state index in [1.165, 1.54) is 0 Å². The normalized spacial score (nSPS) is 16.1. The van der Waals surface area contributed by atoms with E-state index >= 15 is 0 Å². The Morgan fingerprint density at radius 3 is 2.64 bits per heavy atom. The van der Waals surface area contributed by atoms with Crippen LogP contribution in [-0.4, -0.2) is 30.6 Å². The molecule has 4 rings (SSSR count). The quantitative estimate of drug-likeness (QED) is 0.609. The number of hydrogen-bond acceptors (Lipinski definition) is 3. The Morgan fingerprint density at radius 1 is 1.07 bits per heavy atom. The van der Waals surface area contributed by atoms with Crippen LogP contribution in [0.25, 0.3) is 10.9 Å². The molecule has 0 bridgehead atoms. The van der Waals surface area contributed by atoms with Crippen LogP contribution in [0, 0.1) is 0 Å². The van der Waals surface area contributed by atoms with Gasteiger partial charge < -0.3 is 10.1 Å². The van der Waals surface area contributed by atoms with Crippen LogP contribution < -0.4 is 5.32 Å². The molecular weight excluding hydrogens is 395 g/mol. The smallest absolute Gasteiger partial charge is 0.252 e. The highest BCUT2D eigenvalue weighted by Gasteiger charge is 2.35. The molecule has 144 valence electrons. The lowest BCUT2D eigenvalue weighted by atomic mass is 9.74. The fraction of sp³-hybridized carbons (Fsp3) is 0.273. The number of amides is 1. The van der Waals surface area contributed by atoms with Crippen molar-refractivity contribution in [2.75, 3.05) is 19.8 Å². The van der Waals surface area contributed by atoms with Crippen molar-refractivity contribution < 1.29 is 9.53 Å². The molecule has 2 heterocycles. The van der Waals surface area contributed by atoms with E-state index < -0.39 is 0 Å². The molecule has 0 saturated carbocycles. The number of rotatable bonds is 4. The van der Waals surface area contributed by atoms with Crippen LogP contribution in [0.3, 0.4) is 0 Å². The van der Waals surface area contributed by atoms with Gasteiger partial charge in [0.05, 0.1) is 11.1 Å². The van der Waals surface area contributed by atoms with Crippen molar-refractivity contribution in [3.8, 4) is 0 Å². The summed E-state index contributed by atoms with van der Waals surface area (Å²) in [5.41, 5.74) is 2.16. The number of nitrogens with zero attached hydrogens (tertiary/aromatic N) is 1. The molecule has 3 aromatic rings. The number of carbonyl (C=O) groups excluding carboxylic acids is 1. The minimum atomic E-state index is -0.203. The number of ether oxygens (including phenoxy) is 1. The van der Waals surface area contributed by atoms with E-state index in [2.05, 4.69) is 16.4 Å². The monoisotopic (exact) mass is 414 g/mol. The summed E-state index contributed by atoms with van der Waals surface area (Å²) in [5, 5.41) is 4.91. The molecule has 4 nitrogen and oxygen atoms in total. The number of pyridine rings is 1. The first kappa shape index (κ1) is 19.2. The molecule has 0 radical (unpaired) electrons. The maximum absolute atomic E-state index is 13.0. The van der Waals surface area contributed by atoms with Crippen LogP contribution in [0.1, 0.15) is 28.8 Å². The highest BCUT2D eigenvalue weighted by Crippen LogP contribution is 2.35. The topological polar surface area (TPSA) is 51.2 Å². The zero-order chi connectivity index (χ0) is 19.6. The van der Waals surface area contributed by atoms with Gasteiger partial charge in [-0.1, -0.05) is 53.5 Å². The molecule has 0 atom stereocenters. The van der Waals surface area contributed by atoms with Crippen molar-refractivity contribution in [2.45, 2.75) is 18.3 Å². The number of aromatic nitrogens is 1. The Labute approximate surface area is 173 Å². The summed E-state index contributed by atoms with van der Waals surface area (Å²) in [6.45, 7) is 1.82. The first-order valence-corrected chi connectivity index (χ1v) is 10.0. The number of halogens is 2. The van der Waals surface area contributed by atoms with E-state index in [9.17, 15) is 4.79 Å². The largest absolute Gasteiger partial charge is 0.381 e. The van der Waals surface area contributed by atoms with Crippen molar-refractivity contribution >= 4 is 40.0 Å². The maximum Gasteiger partial charge on any atom is 0.252 e. The van der Waals surface area contributed by atoms with Crippen LogP contribution in [0.2, 0.25) is 10.2 Å². The maximum atomic E-state index is 13.0. The Balaban J connectivity index is 1.62. The molecule has 0 aliphatic carbocycles. The van der Waals surface area contributed by atoms with Gasteiger partial charge >= 0.3 is 0 Å². The highest BCUT2D eigenvalue weighted by molar-refractivity contribution is 6.31. The number of nitrogens with one attached hydrogen (secondary N) is 1. The van der Waals surface area contributed by atoms with Gasteiger partial charge in [-0.3, -0.25) is 4.79 Å². The number of hydrogen-bond donors (Lipinski definition) is 1. The summed E-state index contributed by atoms with van der Waals surface area (Å²) in [5.74, 6) is -0.159. The van der Waals surface area contributed by atoms with E-state index in [1.54, 1.807) is 6.07 Å². The van der Waals surface area contributed by atoms with E-state index in [1.807, 2.05) is 42.5 Å². The van der Waals surface area contributed by atoms with Crippen molar-refractivity contribution in [2.24, 2.45) is 0 Å². The zero-order valence-corrected chi connectivity index (χ0v) is 16.8. The summed E-state index contributed by atoms with van der Waals surface area (Å²) in [6.07, 6.45) is 1.65. The second kappa shape index (κ2) is 8.08. The van der Waals surface area contributed by atoms with Gasteiger partial charge in [0.15, 0.2) is 0 Å². The lowest BCUT2D eigenvalue weighted by Gasteiger charge is -2.38. The molecule has 1 aromatic heterocycles. The average molecular weight is 415 g/mol. The predicted octanol–water partition coefficient (Wildman–Crippen LogP) is 5.02. The van der Waals surface area contributed by atoms with Crippen LogP contribution in [0.4, 0.5) is 0 Å². The second-order valence-corrected chi connectivity index (χ2v) is 7.92. The van der Waals surface area contributed by atoms with Crippen molar-refractivity contribution in [3.63, 3.8) is 0 Å². The third-order valence-corrected chi connectivity index (χ3v) is 5.83. The van der Waals surface area contributed by atoms with Crippen LogP contribution in [-0.2, 0) is 10.2 Å². The van der Waals surface area contributed by atoms with Gasteiger partial charge in [-0.05, 0) is 42.7 Å². The molecule has 1 amide bonds. The standard InChI is InChI=1S/C22H20Cl2N2O2/c23-16-5-3-4-15(12-16)22(8-10-28-11-9-22)14-25-21(27)18-13-20(24)26-19-7-2-1-6-17(18)19/h1-7,12-13H,8-11,14H2,(H,25,27). The van der Waals surface area contributed by atoms with Crippen LogP contribution >= 0.6 is 23.2 Å². The number of para-hydroxylation sites is 1. The van der Waals surface area contributed by atoms with E-state index in [4.69, 9.17) is 27.9 Å². The molecule has 1 aliphatic rings. The summed E-state index contributed by atoms with van der Waals surface area (Å²) >= 11 is 12.4. The molecule has 1 saturated heterocycles. The minimum Gasteiger partial charge on any atom is -0.381 e. The third-order valence-electron chi connectivity index (χ3n) is 5.40. The molecule has 1 fully saturated rings. The van der Waals surface area contributed by atoms with E-state index in [0.717, 1.165) is 23.8 Å². The fourth-order valence-corrected chi connectivity index (χ4v) is 4.21. The number of benzene rings is 2. The first-order chi connectivity index (χ1) is 13.6. The van der Waals surface area contributed by atoms with Gasteiger partial charge in [0, 0.05) is 35.6 Å². The van der Waals surface area contributed by atoms with Gasteiger partial charge in [-0.15, -0.1) is 0 Å². The summed E-state index contributed by atoms with van der Waals surface area (Å²) in [4.78, 5) is 17.3. The molecule has 1 N–H and O–H groups in total. The number of carbonyl (C=O) groups is 1. The molecule has 6 heteroatoms. The Kier molecular flexibility index (Phi) is 5.54. The number of fused-ring (bicyclic) bond motifs is 1. The van der Waals surface area contributed by atoms with E-state index in [0.29, 0.717) is 41.0 Å². The summed E-state index contributed by atoms with van der Waals surface area (Å²) in [7, 11) is 0. The van der Waals surface area contributed by atoms with Gasteiger partial charge in [0.1, 0.15) is 5.15 Å². The molecule has 2 aromatic carbocycles.